The minimum absolute atomic E-state index is 0.0868. The van der Waals surface area contributed by atoms with Crippen LogP contribution in [-0.2, 0) is 11.3 Å². The van der Waals surface area contributed by atoms with E-state index >= 15 is 0 Å². The number of nitrogens with zero attached hydrogens (tertiary/aromatic N) is 5. The number of aryl methyl sites for hydroxylation is 1. The Kier molecular flexibility index (Phi) is 6.01. The summed E-state index contributed by atoms with van der Waals surface area (Å²) in [6.45, 7) is 9.61. The van der Waals surface area contributed by atoms with Gasteiger partial charge in [0.05, 0.1) is 12.3 Å². The van der Waals surface area contributed by atoms with E-state index in [4.69, 9.17) is 24.8 Å². The molecule has 0 bridgehead atoms. The number of nitrogens with one attached hydrogen (secondary N) is 1. The van der Waals surface area contributed by atoms with Crippen LogP contribution >= 0.6 is 0 Å². The number of hydrogen-bond donors (Lipinski definition) is 3. The Morgan fingerprint density at radius 1 is 1.38 bits per heavy atom. The Bertz CT molecular complexity index is 1170. The molecular formula is C21H27N7O4. The smallest absolute Gasteiger partial charge is 0.199 e. The number of fused-ring (bicyclic) bond motifs is 1. The summed E-state index contributed by atoms with van der Waals surface area (Å²) in [4.78, 5) is 9.15. The lowest BCUT2D eigenvalue weighted by atomic mass is 10.1. The van der Waals surface area contributed by atoms with Crippen molar-refractivity contribution in [1.29, 1.82) is 0 Å². The molecule has 4 rings (SSSR count). The summed E-state index contributed by atoms with van der Waals surface area (Å²) in [7, 11) is 0. The first-order valence-corrected chi connectivity index (χ1v) is 10.5. The number of imidazole rings is 1. The standard InChI is InChI=1S/C21H27N7O4/c1-5-28-18-15(30-11-13-9-23-8-12(2)31-13)10-24-14(6-7-21(3,4)29)16(18)25-20(28)17-19(22)27-32-26-17/h10,12-13,23,29H,5,8-9,11H2,1-4H3,(H2,22,27)/t12?,13-/m0/s1. The quantitative estimate of drug-likeness (QED) is 0.489. The Balaban J connectivity index is 1.80. The lowest BCUT2D eigenvalue weighted by Gasteiger charge is -2.28. The van der Waals surface area contributed by atoms with Crippen molar-refractivity contribution in [1.82, 2.24) is 30.2 Å². The molecule has 4 N–H and O–H groups in total. The molecule has 1 aliphatic rings. The summed E-state index contributed by atoms with van der Waals surface area (Å²) in [5.74, 6) is 6.84. The normalized spacial score (nSPS) is 19.0. The van der Waals surface area contributed by atoms with Crippen molar-refractivity contribution in [2.45, 2.75) is 52.0 Å². The predicted octanol–water partition coefficient (Wildman–Crippen LogP) is 0.962. The number of anilines is 1. The fourth-order valence-electron chi connectivity index (χ4n) is 3.52. The third-order valence-corrected chi connectivity index (χ3v) is 4.92. The predicted molar refractivity (Wildman–Crippen MR) is 117 cm³/mol. The maximum Gasteiger partial charge on any atom is 0.199 e. The van der Waals surface area contributed by atoms with Crippen LogP contribution in [0.2, 0.25) is 0 Å². The van der Waals surface area contributed by atoms with Crippen molar-refractivity contribution in [3.05, 3.63) is 11.9 Å². The van der Waals surface area contributed by atoms with Gasteiger partial charge in [-0.3, -0.25) is 0 Å². The van der Waals surface area contributed by atoms with Gasteiger partial charge in [0.25, 0.3) is 0 Å². The molecular weight excluding hydrogens is 414 g/mol. The van der Waals surface area contributed by atoms with E-state index in [-0.39, 0.29) is 18.0 Å². The molecule has 1 fully saturated rings. The Morgan fingerprint density at radius 3 is 2.84 bits per heavy atom. The van der Waals surface area contributed by atoms with Crippen LogP contribution in [0, 0.1) is 11.8 Å². The van der Waals surface area contributed by atoms with E-state index in [0.717, 1.165) is 6.54 Å². The Morgan fingerprint density at radius 2 is 2.19 bits per heavy atom. The first-order chi connectivity index (χ1) is 15.3. The molecule has 3 aromatic heterocycles. The van der Waals surface area contributed by atoms with Gasteiger partial charge < -0.3 is 30.2 Å². The molecule has 0 aliphatic carbocycles. The van der Waals surface area contributed by atoms with Crippen LogP contribution in [0.5, 0.6) is 5.75 Å². The lowest BCUT2D eigenvalue weighted by Crippen LogP contribution is -2.45. The van der Waals surface area contributed by atoms with E-state index in [9.17, 15) is 5.11 Å². The number of ether oxygens (including phenoxy) is 2. The van der Waals surface area contributed by atoms with Gasteiger partial charge in [-0.05, 0) is 43.9 Å². The van der Waals surface area contributed by atoms with Gasteiger partial charge >= 0.3 is 0 Å². The molecule has 0 aromatic carbocycles. The number of hydrogen-bond acceptors (Lipinski definition) is 10. The molecule has 0 amide bonds. The molecule has 3 aromatic rings. The zero-order chi connectivity index (χ0) is 22.9. The van der Waals surface area contributed by atoms with Crippen molar-refractivity contribution < 1.29 is 19.2 Å². The SMILES string of the molecule is CCn1c(-c2nonc2N)nc2c(C#CC(C)(C)O)ncc(OC[C@@H]3CNCC(C)O3)c21. The van der Waals surface area contributed by atoms with Crippen LogP contribution in [0.15, 0.2) is 10.8 Å². The monoisotopic (exact) mass is 441 g/mol. The van der Waals surface area contributed by atoms with Gasteiger partial charge in [0.2, 0.25) is 0 Å². The van der Waals surface area contributed by atoms with E-state index in [1.165, 1.54) is 0 Å². The van der Waals surface area contributed by atoms with E-state index in [1.54, 1.807) is 20.0 Å². The summed E-state index contributed by atoms with van der Waals surface area (Å²) in [5, 5.41) is 20.9. The van der Waals surface area contributed by atoms with Gasteiger partial charge in [-0.15, -0.1) is 0 Å². The molecule has 170 valence electrons. The molecule has 1 unspecified atom stereocenters. The number of morpholine rings is 1. The number of pyridine rings is 1. The molecule has 32 heavy (non-hydrogen) atoms. The third kappa shape index (κ3) is 4.52. The average Bonchev–Trinajstić information content (AvgIpc) is 3.33. The highest BCUT2D eigenvalue weighted by Gasteiger charge is 2.25. The summed E-state index contributed by atoms with van der Waals surface area (Å²) in [5.41, 5.74) is 6.68. The molecule has 2 atom stereocenters. The molecule has 0 saturated carbocycles. The summed E-state index contributed by atoms with van der Waals surface area (Å²) >= 11 is 0. The minimum atomic E-state index is -1.18. The van der Waals surface area contributed by atoms with Crippen LogP contribution in [0.1, 0.15) is 33.4 Å². The van der Waals surface area contributed by atoms with Crippen molar-refractivity contribution in [2.24, 2.45) is 0 Å². The van der Waals surface area contributed by atoms with Crippen molar-refractivity contribution in [3.8, 4) is 29.1 Å². The number of aromatic nitrogens is 5. The van der Waals surface area contributed by atoms with E-state index < -0.39 is 5.60 Å². The van der Waals surface area contributed by atoms with Gasteiger partial charge in [-0.1, -0.05) is 5.92 Å². The van der Waals surface area contributed by atoms with Gasteiger partial charge in [-0.2, -0.15) is 0 Å². The highest BCUT2D eigenvalue weighted by atomic mass is 16.6. The minimum Gasteiger partial charge on any atom is -0.487 e. The molecule has 0 radical (unpaired) electrons. The molecule has 11 nitrogen and oxygen atoms in total. The second-order valence-corrected chi connectivity index (χ2v) is 8.19. The maximum absolute atomic E-state index is 10.0. The van der Waals surface area contributed by atoms with Crippen LogP contribution in [0.3, 0.4) is 0 Å². The van der Waals surface area contributed by atoms with E-state index in [1.807, 2.05) is 18.4 Å². The van der Waals surface area contributed by atoms with Crippen molar-refractivity contribution in [3.63, 3.8) is 0 Å². The van der Waals surface area contributed by atoms with Gasteiger partial charge in [-0.25, -0.2) is 14.6 Å². The fraction of sp³-hybridized carbons (Fsp3) is 0.524. The lowest BCUT2D eigenvalue weighted by molar-refractivity contribution is -0.0469. The molecule has 4 heterocycles. The zero-order valence-corrected chi connectivity index (χ0v) is 18.5. The average molecular weight is 441 g/mol. The fourth-order valence-corrected chi connectivity index (χ4v) is 3.52. The number of aliphatic hydroxyl groups is 1. The van der Waals surface area contributed by atoms with Crippen LogP contribution in [0.4, 0.5) is 5.82 Å². The van der Waals surface area contributed by atoms with Crippen LogP contribution in [0.25, 0.3) is 22.6 Å². The Labute approximate surface area is 185 Å². The van der Waals surface area contributed by atoms with Gasteiger partial charge in [0, 0.05) is 19.6 Å². The molecule has 1 saturated heterocycles. The second kappa shape index (κ2) is 8.74. The van der Waals surface area contributed by atoms with Crippen molar-refractivity contribution in [2.75, 3.05) is 25.4 Å². The van der Waals surface area contributed by atoms with E-state index in [2.05, 4.69) is 32.5 Å². The largest absolute Gasteiger partial charge is 0.487 e. The summed E-state index contributed by atoms with van der Waals surface area (Å²) < 4.78 is 18.7. The van der Waals surface area contributed by atoms with E-state index in [0.29, 0.717) is 53.7 Å². The third-order valence-electron chi connectivity index (χ3n) is 4.92. The number of rotatable bonds is 5. The summed E-state index contributed by atoms with van der Waals surface area (Å²) in [6, 6.07) is 0. The zero-order valence-electron chi connectivity index (χ0n) is 18.5. The topological polar surface area (TPSA) is 146 Å². The van der Waals surface area contributed by atoms with Gasteiger partial charge in [0.1, 0.15) is 35.0 Å². The summed E-state index contributed by atoms with van der Waals surface area (Å²) in [6.07, 6.45) is 1.64. The molecule has 1 aliphatic heterocycles. The van der Waals surface area contributed by atoms with Crippen LogP contribution in [-0.4, -0.2) is 67.5 Å². The van der Waals surface area contributed by atoms with Crippen LogP contribution < -0.4 is 15.8 Å². The highest BCUT2D eigenvalue weighted by molar-refractivity contribution is 5.89. The number of nitrogen functional groups attached to an aromatic ring is 1. The first-order valence-electron chi connectivity index (χ1n) is 10.5. The first kappa shape index (κ1) is 22.0. The maximum atomic E-state index is 10.0. The van der Waals surface area contributed by atoms with Gasteiger partial charge in [0.15, 0.2) is 23.1 Å². The molecule has 11 heteroatoms. The molecule has 0 spiro atoms. The van der Waals surface area contributed by atoms with Crippen molar-refractivity contribution >= 4 is 16.9 Å². The second-order valence-electron chi connectivity index (χ2n) is 8.19. The highest BCUT2D eigenvalue weighted by Crippen LogP contribution is 2.33. The number of nitrogens with two attached hydrogens (primary N) is 1. The Hall–Kier alpha value is -3.20.